The van der Waals surface area contributed by atoms with Crippen LogP contribution in [0.15, 0.2) is 18.5 Å². The highest BCUT2D eigenvalue weighted by Gasteiger charge is 2.71. The number of nitrogens with two attached hydrogens (primary N) is 1. The molecule has 4 saturated carbocycles. The molecule has 3 heterocycles. The smallest absolute Gasteiger partial charge is 0.126 e. The lowest BCUT2D eigenvalue weighted by molar-refractivity contribution is -0.206. The summed E-state index contributed by atoms with van der Waals surface area (Å²) >= 11 is 0. The van der Waals surface area contributed by atoms with Gasteiger partial charge in [0.15, 0.2) is 0 Å². The highest BCUT2D eigenvalue weighted by molar-refractivity contribution is 5.61. The predicted octanol–water partition coefficient (Wildman–Crippen LogP) is 3.07. The normalized spacial score (nSPS) is 32.5. The average Bonchev–Trinajstić information content (AvgIpc) is 3.41. The fourth-order valence-corrected chi connectivity index (χ4v) is 5.76. The van der Waals surface area contributed by atoms with Gasteiger partial charge in [0.25, 0.3) is 0 Å². The van der Waals surface area contributed by atoms with Crippen LogP contribution in [0.25, 0.3) is 11.3 Å². The van der Waals surface area contributed by atoms with Gasteiger partial charge in [-0.05, 0) is 57.1 Å². The van der Waals surface area contributed by atoms with Gasteiger partial charge in [0, 0.05) is 49.1 Å². The summed E-state index contributed by atoms with van der Waals surface area (Å²) in [5, 5.41) is 0. The van der Waals surface area contributed by atoms with Gasteiger partial charge in [-0.3, -0.25) is 4.90 Å². The summed E-state index contributed by atoms with van der Waals surface area (Å²) in [5.74, 6) is 2.55. The molecule has 2 aromatic heterocycles. The third-order valence-corrected chi connectivity index (χ3v) is 7.47. The molecule has 4 aliphatic carbocycles. The maximum atomic E-state index is 5.91. The number of anilines is 1. The van der Waals surface area contributed by atoms with E-state index in [1.807, 2.05) is 13.1 Å². The molecule has 0 aromatic carbocycles. The van der Waals surface area contributed by atoms with Gasteiger partial charge < -0.3 is 15.0 Å². The van der Waals surface area contributed by atoms with Gasteiger partial charge >= 0.3 is 0 Å². The second kappa shape index (κ2) is 5.80. The highest BCUT2D eigenvalue weighted by Crippen LogP contribution is 2.69. The Bertz CT molecular complexity index is 903. The maximum absolute atomic E-state index is 5.91. The van der Waals surface area contributed by atoms with Crippen molar-refractivity contribution >= 4 is 5.82 Å². The Morgan fingerprint density at radius 2 is 1.96 bits per heavy atom. The first-order chi connectivity index (χ1) is 13.6. The Morgan fingerprint density at radius 1 is 1.14 bits per heavy atom. The van der Waals surface area contributed by atoms with E-state index >= 15 is 0 Å². The van der Waals surface area contributed by atoms with Gasteiger partial charge in [-0.15, -0.1) is 0 Å². The molecular formula is C22H29N5O. The van der Waals surface area contributed by atoms with Crippen molar-refractivity contribution in [3.63, 3.8) is 0 Å². The molecule has 2 aromatic rings. The number of aryl methyl sites for hydroxylation is 1. The summed E-state index contributed by atoms with van der Waals surface area (Å²) in [6.07, 6.45) is 11.7. The summed E-state index contributed by atoms with van der Waals surface area (Å²) in [7, 11) is 0. The van der Waals surface area contributed by atoms with Crippen LogP contribution >= 0.6 is 0 Å². The van der Waals surface area contributed by atoms with E-state index in [-0.39, 0.29) is 0 Å². The molecule has 0 amide bonds. The topological polar surface area (TPSA) is 69.2 Å². The average molecular weight is 380 g/mol. The van der Waals surface area contributed by atoms with Crippen LogP contribution < -0.4 is 5.73 Å². The second-order valence-electron chi connectivity index (χ2n) is 9.49. The Labute approximate surface area is 166 Å². The minimum atomic E-state index is 0.298. The Hall–Kier alpha value is -1.92. The SMILES string of the molecule is Cc1cc(-c2cn(C34CC(N5CCCOCC5)(C3)C4)c(C3CC3)n2)cnc1N. The molecule has 5 fully saturated rings. The van der Waals surface area contributed by atoms with Crippen LogP contribution in [0.5, 0.6) is 0 Å². The maximum Gasteiger partial charge on any atom is 0.126 e. The van der Waals surface area contributed by atoms with Crippen molar-refractivity contribution in [2.45, 2.75) is 62.4 Å². The van der Waals surface area contributed by atoms with Gasteiger partial charge in [0.1, 0.15) is 11.6 Å². The lowest BCUT2D eigenvalue weighted by atomic mass is 9.43. The third-order valence-electron chi connectivity index (χ3n) is 7.47. The zero-order valence-corrected chi connectivity index (χ0v) is 16.7. The number of hydrogen-bond acceptors (Lipinski definition) is 5. The van der Waals surface area contributed by atoms with Crippen LogP contribution in [0, 0.1) is 6.92 Å². The molecule has 1 saturated heterocycles. The predicted molar refractivity (Wildman–Crippen MR) is 108 cm³/mol. The summed E-state index contributed by atoms with van der Waals surface area (Å²) < 4.78 is 8.23. The summed E-state index contributed by atoms with van der Waals surface area (Å²) in [6.45, 7) is 6.11. The highest BCUT2D eigenvalue weighted by atomic mass is 16.5. The van der Waals surface area contributed by atoms with Crippen molar-refractivity contribution in [1.29, 1.82) is 0 Å². The van der Waals surface area contributed by atoms with Crippen molar-refractivity contribution in [3.05, 3.63) is 29.8 Å². The number of nitrogen functional groups attached to an aromatic ring is 1. The Kier molecular flexibility index (Phi) is 3.52. The first-order valence-corrected chi connectivity index (χ1v) is 10.7. The number of rotatable bonds is 4. The first kappa shape index (κ1) is 17.0. The molecule has 0 radical (unpaired) electrons. The number of pyridine rings is 1. The van der Waals surface area contributed by atoms with Gasteiger partial charge in [0.05, 0.1) is 17.8 Å². The minimum Gasteiger partial charge on any atom is -0.383 e. The molecule has 2 N–H and O–H groups in total. The molecule has 0 spiro atoms. The fraction of sp³-hybridized carbons (Fsp3) is 0.636. The third kappa shape index (κ3) is 2.40. The molecule has 7 rings (SSSR count). The van der Waals surface area contributed by atoms with Crippen LogP contribution in [0.1, 0.15) is 55.8 Å². The summed E-state index contributed by atoms with van der Waals surface area (Å²) in [4.78, 5) is 12.1. The molecule has 6 nitrogen and oxygen atoms in total. The van der Waals surface area contributed by atoms with E-state index in [1.54, 1.807) is 0 Å². The van der Waals surface area contributed by atoms with E-state index in [2.05, 4.69) is 26.7 Å². The lowest BCUT2D eigenvalue weighted by Gasteiger charge is -2.74. The molecule has 0 unspecified atom stereocenters. The van der Waals surface area contributed by atoms with E-state index in [9.17, 15) is 0 Å². The largest absolute Gasteiger partial charge is 0.383 e. The van der Waals surface area contributed by atoms with E-state index in [0.29, 0.717) is 22.8 Å². The van der Waals surface area contributed by atoms with Crippen molar-refractivity contribution in [2.75, 3.05) is 32.0 Å². The Balaban J connectivity index is 1.29. The zero-order valence-electron chi connectivity index (χ0n) is 16.7. The number of ether oxygens (including phenoxy) is 1. The Morgan fingerprint density at radius 3 is 2.71 bits per heavy atom. The molecule has 6 heteroatoms. The molecular weight excluding hydrogens is 350 g/mol. The van der Waals surface area contributed by atoms with Crippen LogP contribution in [-0.4, -0.2) is 51.3 Å². The van der Waals surface area contributed by atoms with Crippen molar-refractivity contribution in [1.82, 2.24) is 19.4 Å². The van der Waals surface area contributed by atoms with E-state index in [0.717, 1.165) is 36.6 Å². The van der Waals surface area contributed by atoms with Gasteiger partial charge in [-0.25, -0.2) is 9.97 Å². The van der Waals surface area contributed by atoms with Crippen molar-refractivity contribution in [3.8, 4) is 11.3 Å². The van der Waals surface area contributed by atoms with Crippen molar-refractivity contribution in [2.24, 2.45) is 0 Å². The number of imidazole rings is 1. The second-order valence-corrected chi connectivity index (χ2v) is 9.49. The van der Waals surface area contributed by atoms with E-state index in [4.69, 9.17) is 15.5 Å². The molecule has 148 valence electrons. The summed E-state index contributed by atoms with van der Waals surface area (Å²) in [6, 6.07) is 2.12. The van der Waals surface area contributed by atoms with E-state index < -0.39 is 0 Å². The molecule has 0 atom stereocenters. The number of hydrogen-bond donors (Lipinski definition) is 1. The van der Waals surface area contributed by atoms with Crippen LogP contribution in [0.2, 0.25) is 0 Å². The monoisotopic (exact) mass is 379 g/mol. The van der Waals surface area contributed by atoms with Crippen LogP contribution in [0.4, 0.5) is 5.82 Å². The lowest BCUT2D eigenvalue weighted by Crippen LogP contribution is -2.78. The standard InChI is InChI=1S/C22H29N5O/c1-15-9-17(10-24-19(15)23)18-11-27(20(25-18)16-3-4-16)22-12-21(13-22,14-22)26-5-2-7-28-8-6-26/h9-11,16H,2-8,12-14H2,1H3,(H2,23,24). The van der Waals surface area contributed by atoms with Crippen LogP contribution in [-0.2, 0) is 10.3 Å². The van der Waals surface area contributed by atoms with Gasteiger partial charge in [0.2, 0.25) is 0 Å². The summed E-state index contributed by atoms with van der Waals surface area (Å²) in [5.41, 5.74) is 9.80. The quantitative estimate of drug-likeness (QED) is 0.884. The van der Waals surface area contributed by atoms with Crippen LogP contribution in [0.3, 0.4) is 0 Å². The molecule has 28 heavy (non-hydrogen) atoms. The zero-order chi connectivity index (χ0) is 18.9. The van der Waals surface area contributed by atoms with Gasteiger partial charge in [-0.1, -0.05) is 0 Å². The molecule has 5 aliphatic rings. The van der Waals surface area contributed by atoms with Gasteiger partial charge in [-0.2, -0.15) is 0 Å². The number of aromatic nitrogens is 3. The number of nitrogens with zero attached hydrogens (tertiary/aromatic N) is 4. The van der Waals surface area contributed by atoms with E-state index in [1.165, 1.54) is 50.9 Å². The fourth-order valence-electron chi connectivity index (χ4n) is 5.76. The first-order valence-electron chi connectivity index (χ1n) is 10.7. The minimum absolute atomic E-state index is 0.298. The molecule has 2 bridgehead atoms. The van der Waals surface area contributed by atoms with Crippen molar-refractivity contribution < 1.29 is 4.74 Å². The molecule has 1 aliphatic heterocycles.